The molecule has 3 N–H and O–H groups in total. The fourth-order valence-electron chi connectivity index (χ4n) is 4.57. The number of unbranched alkanes of at least 4 members (excludes halogenated alkanes) is 1. The number of rotatable bonds is 12. The van der Waals surface area contributed by atoms with Crippen molar-refractivity contribution in [2.75, 3.05) is 29.9 Å². The predicted octanol–water partition coefficient (Wildman–Crippen LogP) is 6.13. The molecule has 2 aromatic rings. The van der Waals surface area contributed by atoms with E-state index in [1.54, 1.807) is 6.20 Å². The highest BCUT2D eigenvalue weighted by atomic mass is 19.4. The lowest BCUT2D eigenvalue weighted by Gasteiger charge is -2.44. The van der Waals surface area contributed by atoms with Gasteiger partial charge in [0, 0.05) is 42.1 Å². The van der Waals surface area contributed by atoms with E-state index in [-0.39, 0.29) is 18.3 Å². The minimum atomic E-state index is -4.75. The highest BCUT2D eigenvalue weighted by Gasteiger charge is 2.35. The maximum absolute atomic E-state index is 12.5. The molecule has 0 spiro atoms. The first kappa shape index (κ1) is 27.8. The van der Waals surface area contributed by atoms with E-state index < -0.39 is 12.5 Å². The number of nitrogens with one attached hydrogen (secondary N) is 1. The number of anilines is 3. The highest BCUT2D eigenvalue weighted by molar-refractivity contribution is 5.87. The molecule has 36 heavy (non-hydrogen) atoms. The van der Waals surface area contributed by atoms with Gasteiger partial charge in [0.15, 0.2) is 0 Å². The summed E-state index contributed by atoms with van der Waals surface area (Å²) in [7, 11) is 0. The van der Waals surface area contributed by atoms with Gasteiger partial charge in [0.2, 0.25) is 0 Å². The summed E-state index contributed by atoms with van der Waals surface area (Å²) in [5.74, 6) is 0.634. The molecular weight excluding hydrogens is 471 g/mol. The molecule has 3 rings (SSSR count). The summed E-state index contributed by atoms with van der Waals surface area (Å²) in [4.78, 5) is 6.80. The molecule has 0 aliphatic carbocycles. The Bertz CT molecular complexity index is 1000. The molecular formula is C27H36F3N3O3. The molecule has 0 amide bonds. The molecule has 0 radical (unpaired) electrons. The van der Waals surface area contributed by atoms with Crippen molar-refractivity contribution < 1.29 is 28.1 Å². The van der Waals surface area contributed by atoms with Gasteiger partial charge in [-0.3, -0.25) is 0 Å². The molecule has 1 saturated heterocycles. The monoisotopic (exact) mass is 507 g/mol. The topological polar surface area (TPSA) is 77.9 Å². The van der Waals surface area contributed by atoms with Gasteiger partial charge in [-0.25, -0.2) is 4.98 Å². The van der Waals surface area contributed by atoms with Crippen LogP contribution in [0.4, 0.5) is 30.4 Å². The molecule has 6 nitrogen and oxygen atoms in total. The smallest absolute Gasteiger partial charge is 0.406 e. The first-order valence-electron chi connectivity index (χ1n) is 12.6. The van der Waals surface area contributed by atoms with Crippen LogP contribution in [0.25, 0.3) is 5.57 Å². The van der Waals surface area contributed by atoms with Crippen LogP contribution < -0.4 is 15.0 Å². The molecule has 1 unspecified atom stereocenters. The van der Waals surface area contributed by atoms with Crippen LogP contribution in [0.3, 0.4) is 0 Å². The summed E-state index contributed by atoms with van der Waals surface area (Å²) >= 11 is 0. The Balaban J connectivity index is 2.00. The summed E-state index contributed by atoms with van der Waals surface area (Å²) < 4.78 is 41.6. The van der Waals surface area contributed by atoms with Crippen molar-refractivity contribution in [1.29, 1.82) is 0 Å². The Morgan fingerprint density at radius 1 is 1.17 bits per heavy atom. The van der Waals surface area contributed by atoms with Gasteiger partial charge in [-0.2, -0.15) is 0 Å². The van der Waals surface area contributed by atoms with Crippen LogP contribution >= 0.6 is 0 Å². The number of nitrogens with zero attached hydrogens (tertiary/aromatic N) is 2. The van der Waals surface area contributed by atoms with Gasteiger partial charge in [0.25, 0.3) is 0 Å². The maximum Gasteiger partial charge on any atom is 0.573 e. The summed E-state index contributed by atoms with van der Waals surface area (Å²) in [5, 5.41) is 22.7. The molecule has 0 saturated carbocycles. The molecule has 1 aliphatic heterocycles. The molecule has 1 aliphatic rings. The number of aliphatic hydroxyl groups excluding tert-OH is 2. The van der Waals surface area contributed by atoms with Crippen LogP contribution in [0, 0.1) is 11.8 Å². The zero-order valence-corrected chi connectivity index (χ0v) is 21.1. The Labute approximate surface area is 210 Å². The minimum Gasteiger partial charge on any atom is -0.406 e. The Hall–Kier alpha value is -2.78. The van der Waals surface area contributed by atoms with Crippen LogP contribution in [-0.2, 0) is 0 Å². The third kappa shape index (κ3) is 6.91. The number of hydrogen-bond acceptors (Lipinski definition) is 6. The van der Waals surface area contributed by atoms with Crippen LogP contribution in [0.2, 0.25) is 0 Å². The Morgan fingerprint density at radius 3 is 2.39 bits per heavy atom. The molecule has 1 aromatic carbocycles. The van der Waals surface area contributed by atoms with Gasteiger partial charge in [0.1, 0.15) is 11.6 Å². The molecule has 2 heterocycles. The van der Waals surface area contributed by atoms with Crippen molar-refractivity contribution in [3.05, 3.63) is 48.2 Å². The lowest BCUT2D eigenvalue weighted by molar-refractivity contribution is -0.274. The van der Waals surface area contributed by atoms with Crippen molar-refractivity contribution in [2.45, 2.75) is 58.9 Å². The van der Waals surface area contributed by atoms with Crippen LogP contribution in [-0.4, -0.2) is 47.4 Å². The number of pyridine rings is 1. The lowest BCUT2D eigenvalue weighted by Crippen LogP contribution is -2.53. The second-order valence-corrected chi connectivity index (χ2v) is 9.13. The number of aliphatic hydroxyl groups is 2. The van der Waals surface area contributed by atoms with Crippen molar-refractivity contribution >= 4 is 22.8 Å². The van der Waals surface area contributed by atoms with E-state index in [1.165, 1.54) is 29.8 Å². The van der Waals surface area contributed by atoms with Crippen LogP contribution in [0.15, 0.2) is 42.6 Å². The number of ether oxygens (including phenoxy) is 1. The first-order valence-corrected chi connectivity index (χ1v) is 12.6. The molecule has 0 bridgehead atoms. The van der Waals surface area contributed by atoms with E-state index in [2.05, 4.69) is 46.8 Å². The third-order valence-corrected chi connectivity index (χ3v) is 6.63. The Kier molecular flexibility index (Phi) is 9.62. The summed E-state index contributed by atoms with van der Waals surface area (Å²) in [6.45, 7) is 7.42. The molecule has 9 heteroatoms. The second-order valence-electron chi connectivity index (χ2n) is 9.13. The minimum absolute atomic E-state index is 0.00943. The van der Waals surface area contributed by atoms with E-state index in [0.717, 1.165) is 36.9 Å². The maximum atomic E-state index is 12.5. The standard InChI is InChI=1S/C27H36F3N3O3/c1-4-7-8-22(18(5-2)6-3)25-23(33-15-19(16-33)24(35)17-34)13-14-31-26(25)32-20-9-11-21(12-10-20)36-27(28,29)30/h8-14,18-19,24,34-35H,4-7,15-17H2,1-3H3,(H,31,32)/b22-8-. The first-order chi connectivity index (χ1) is 17.2. The van der Waals surface area contributed by atoms with E-state index in [0.29, 0.717) is 30.5 Å². The second kappa shape index (κ2) is 12.5. The van der Waals surface area contributed by atoms with Gasteiger partial charge in [-0.1, -0.05) is 33.3 Å². The van der Waals surface area contributed by atoms with Crippen molar-refractivity contribution in [1.82, 2.24) is 4.98 Å². The average Bonchev–Trinajstić information content (AvgIpc) is 2.81. The Morgan fingerprint density at radius 2 is 1.83 bits per heavy atom. The fraction of sp³-hybridized carbons (Fsp3) is 0.519. The van der Waals surface area contributed by atoms with Crippen molar-refractivity contribution in [3.8, 4) is 5.75 Å². The third-order valence-electron chi connectivity index (χ3n) is 6.63. The SMILES string of the molecule is CCC/C=C(\c1c(N2CC(C(O)CO)C2)ccnc1Nc1ccc(OC(F)(F)F)cc1)C(CC)CC. The van der Waals surface area contributed by atoms with E-state index in [1.807, 2.05) is 6.07 Å². The van der Waals surface area contributed by atoms with Gasteiger partial charge in [-0.15, -0.1) is 13.2 Å². The van der Waals surface area contributed by atoms with E-state index in [4.69, 9.17) is 0 Å². The number of halogens is 3. The normalized spacial score (nSPS) is 15.7. The molecule has 1 fully saturated rings. The van der Waals surface area contributed by atoms with Crippen LogP contribution in [0.1, 0.15) is 52.0 Å². The van der Waals surface area contributed by atoms with Crippen molar-refractivity contribution in [3.63, 3.8) is 0 Å². The molecule has 1 atom stereocenters. The number of hydrogen-bond donors (Lipinski definition) is 3. The van der Waals surface area contributed by atoms with Crippen molar-refractivity contribution in [2.24, 2.45) is 11.8 Å². The summed E-state index contributed by atoms with van der Waals surface area (Å²) in [6.07, 6.45) is 2.29. The zero-order valence-electron chi connectivity index (χ0n) is 21.1. The van der Waals surface area contributed by atoms with Gasteiger partial charge < -0.3 is 25.2 Å². The number of aromatic nitrogens is 1. The number of benzene rings is 1. The fourth-order valence-corrected chi connectivity index (χ4v) is 4.57. The quantitative estimate of drug-likeness (QED) is 0.321. The summed E-state index contributed by atoms with van der Waals surface area (Å²) in [6, 6.07) is 7.56. The molecule has 198 valence electrons. The van der Waals surface area contributed by atoms with Crippen LogP contribution in [0.5, 0.6) is 5.75 Å². The predicted molar refractivity (Wildman–Crippen MR) is 136 cm³/mol. The number of allylic oxidation sites excluding steroid dienone is 2. The highest BCUT2D eigenvalue weighted by Crippen LogP contribution is 2.42. The average molecular weight is 508 g/mol. The lowest BCUT2D eigenvalue weighted by atomic mass is 9.85. The molecule has 1 aromatic heterocycles. The largest absolute Gasteiger partial charge is 0.573 e. The summed E-state index contributed by atoms with van der Waals surface area (Å²) in [5.41, 5.74) is 3.73. The van der Waals surface area contributed by atoms with Gasteiger partial charge in [-0.05, 0) is 61.1 Å². The van der Waals surface area contributed by atoms with E-state index >= 15 is 0 Å². The van der Waals surface area contributed by atoms with Gasteiger partial charge >= 0.3 is 6.36 Å². The van der Waals surface area contributed by atoms with Gasteiger partial charge in [0.05, 0.1) is 12.7 Å². The zero-order chi connectivity index (χ0) is 26.3. The van der Waals surface area contributed by atoms with E-state index in [9.17, 15) is 23.4 Å². The number of alkyl halides is 3.